The average Bonchev–Trinajstić information content (AvgIpc) is 2.25. The highest BCUT2D eigenvalue weighted by Crippen LogP contribution is 2.03. The van der Waals surface area contributed by atoms with Crippen molar-refractivity contribution in [2.45, 2.75) is 45.6 Å². The van der Waals surface area contributed by atoms with Crippen LogP contribution in [0.15, 0.2) is 0 Å². The van der Waals surface area contributed by atoms with Crippen LogP contribution in [-0.2, 0) is 4.79 Å². The van der Waals surface area contributed by atoms with Crippen LogP contribution in [0.4, 0.5) is 0 Å². The van der Waals surface area contributed by atoms with Crippen LogP contribution in [0.1, 0.15) is 39.5 Å². The van der Waals surface area contributed by atoms with Crippen molar-refractivity contribution in [1.82, 2.24) is 10.6 Å². The first-order chi connectivity index (χ1) is 7.66. The summed E-state index contributed by atoms with van der Waals surface area (Å²) < 4.78 is 0. The van der Waals surface area contributed by atoms with Gasteiger partial charge in [0.25, 0.3) is 0 Å². The van der Waals surface area contributed by atoms with Gasteiger partial charge < -0.3 is 10.6 Å². The largest absolute Gasteiger partial charge is 0.355 e. The molecule has 4 heteroatoms. The molecule has 0 saturated heterocycles. The Kier molecular flexibility index (Phi) is 11.1. The maximum atomic E-state index is 11.3. The van der Waals surface area contributed by atoms with Crippen LogP contribution >= 0.6 is 11.8 Å². The summed E-state index contributed by atoms with van der Waals surface area (Å²) in [6, 6.07) is 0.372. The van der Waals surface area contributed by atoms with E-state index < -0.39 is 0 Å². The van der Waals surface area contributed by atoms with Crippen molar-refractivity contribution in [3.63, 3.8) is 0 Å². The van der Waals surface area contributed by atoms with Crippen molar-refractivity contribution in [2.24, 2.45) is 0 Å². The second-order valence-electron chi connectivity index (χ2n) is 4.29. The monoisotopic (exact) mass is 246 g/mol. The van der Waals surface area contributed by atoms with E-state index >= 15 is 0 Å². The SMILES string of the molecule is CSCCCCCCNC(=O)CNC(C)C. The van der Waals surface area contributed by atoms with Gasteiger partial charge in [-0.2, -0.15) is 11.8 Å². The van der Waals surface area contributed by atoms with Gasteiger partial charge in [0.2, 0.25) is 5.91 Å². The predicted octanol–water partition coefficient (Wildman–Crippen LogP) is 2.02. The molecule has 0 fully saturated rings. The third kappa shape index (κ3) is 11.9. The van der Waals surface area contributed by atoms with Gasteiger partial charge in [0.1, 0.15) is 0 Å². The molecule has 2 N–H and O–H groups in total. The lowest BCUT2D eigenvalue weighted by molar-refractivity contribution is -0.120. The van der Waals surface area contributed by atoms with E-state index in [9.17, 15) is 4.79 Å². The van der Waals surface area contributed by atoms with E-state index in [4.69, 9.17) is 0 Å². The Labute approximate surface area is 104 Å². The molecule has 0 aliphatic carbocycles. The van der Waals surface area contributed by atoms with Gasteiger partial charge in [0.05, 0.1) is 6.54 Å². The first kappa shape index (κ1) is 15.8. The van der Waals surface area contributed by atoms with Crippen LogP contribution in [0.25, 0.3) is 0 Å². The van der Waals surface area contributed by atoms with Gasteiger partial charge in [-0.3, -0.25) is 4.79 Å². The Balaban J connectivity index is 3.15. The maximum Gasteiger partial charge on any atom is 0.233 e. The first-order valence-corrected chi connectivity index (χ1v) is 7.55. The van der Waals surface area contributed by atoms with Crippen molar-refractivity contribution in [3.8, 4) is 0 Å². The molecule has 0 aliphatic heterocycles. The lowest BCUT2D eigenvalue weighted by Crippen LogP contribution is -2.37. The molecule has 16 heavy (non-hydrogen) atoms. The van der Waals surface area contributed by atoms with E-state index in [1.54, 1.807) is 0 Å². The van der Waals surface area contributed by atoms with Crippen LogP contribution in [0.2, 0.25) is 0 Å². The smallest absolute Gasteiger partial charge is 0.233 e. The number of hydrogen-bond donors (Lipinski definition) is 2. The molecule has 0 atom stereocenters. The third-order valence-electron chi connectivity index (χ3n) is 2.27. The van der Waals surface area contributed by atoms with Gasteiger partial charge >= 0.3 is 0 Å². The standard InChI is InChI=1S/C12H26N2OS/c1-11(2)14-10-12(15)13-8-6-4-5-7-9-16-3/h11,14H,4-10H2,1-3H3,(H,13,15). The number of carbonyl (C=O) groups excluding carboxylic acids is 1. The van der Waals surface area contributed by atoms with Gasteiger partial charge in [-0.25, -0.2) is 0 Å². The zero-order chi connectivity index (χ0) is 12.2. The minimum Gasteiger partial charge on any atom is -0.355 e. The van der Waals surface area contributed by atoms with Gasteiger partial charge in [0.15, 0.2) is 0 Å². The summed E-state index contributed by atoms with van der Waals surface area (Å²) in [6.07, 6.45) is 7.03. The molecule has 0 spiro atoms. The van der Waals surface area contributed by atoms with Crippen LogP contribution in [0.5, 0.6) is 0 Å². The van der Waals surface area contributed by atoms with E-state index in [-0.39, 0.29) is 5.91 Å². The molecule has 0 rings (SSSR count). The van der Waals surface area contributed by atoms with Gasteiger partial charge in [-0.05, 0) is 24.9 Å². The first-order valence-electron chi connectivity index (χ1n) is 6.16. The lowest BCUT2D eigenvalue weighted by Gasteiger charge is -2.08. The Morgan fingerprint density at radius 3 is 2.50 bits per heavy atom. The summed E-state index contributed by atoms with van der Waals surface area (Å²) in [6.45, 7) is 5.33. The zero-order valence-corrected chi connectivity index (χ0v) is 11.7. The van der Waals surface area contributed by atoms with Crippen molar-refractivity contribution < 1.29 is 4.79 Å². The fourth-order valence-corrected chi connectivity index (χ4v) is 1.80. The molecule has 0 bridgehead atoms. The number of nitrogens with one attached hydrogen (secondary N) is 2. The average molecular weight is 246 g/mol. The van der Waals surface area contributed by atoms with Crippen molar-refractivity contribution in [2.75, 3.05) is 25.1 Å². The summed E-state index contributed by atoms with van der Waals surface area (Å²) in [7, 11) is 0. The molecular weight excluding hydrogens is 220 g/mol. The number of amides is 1. The molecule has 0 heterocycles. The zero-order valence-electron chi connectivity index (χ0n) is 10.8. The second kappa shape index (κ2) is 11.3. The van der Waals surface area contributed by atoms with E-state index in [1.165, 1.54) is 25.0 Å². The van der Waals surface area contributed by atoms with Gasteiger partial charge in [-0.15, -0.1) is 0 Å². The minimum absolute atomic E-state index is 0.109. The number of hydrogen-bond acceptors (Lipinski definition) is 3. The van der Waals surface area contributed by atoms with Crippen molar-refractivity contribution in [1.29, 1.82) is 0 Å². The molecule has 0 aromatic heterocycles. The topological polar surface area (TPSA) is 41.1 Å². The summed E-state index contributed by atoms with van der Waals surface area (Å²) >= 11 is 1.90. The molecule has 0 unspecified atom stereocenters. The molecule has 1 amide bonds. The number of thioether (sulfide) groups is 1. The Bertz CT molecular complexity index is 174. The summed E-state index contributed by atoms with van der Waals surface area (Å²) in [5.41, 5.74) is 0. The van der Waals surface area contributed by atoms with Gasteiger partial charge in [0, 0.05) is 12.6 Å². The van der Waals surface area contributed by atoms with Gasteiger partial charge in [-0.1, -0.05) is 26.7 Å². The van der Waals surface area contributed by atoms with E-state index in [0.717, 1.165) is 13.0 Å². The Morgan fingerprint density at radius 2 is 1.88 bits per heavy atom. The highest BCUT2D eigenvalue weighted by atomic mass is 32.2. The normalized spacial score (nSPS) is 10.8. The van der Waals surface area contributed by atoms with Crippen LogP contribution in [0, 0.1) is 0 Å². The Morgan fingerprint density at radius 1 is 1.19 bits per heavy atom. The molecular formula is C12H26N2OS. The van der Waals surface area contributed by atoms with E-state index in [1.807, 2.05) is 25.6 Å². The van der Waals surface area contributed by atoms with Crippen LogP contribution < -0.4 is 10.6 Å². The fraction of sp³-hybridized carbons (Fsp3) is 0.917. The van der Waals surface area contributed by atoms with Crippen molar-refractivity contribution >= 4 is 17.7 Å². The summed E-state index contributed by atoms with van der Waals surface area (Å²) in [5, 5.41) is 6.02. The molecule has 0 radical (unpaired) electrons. The number of carbonyl (C=O) groups is 1. The van der Waals surface area contributed by atoms with Crippen LogP contribution in [0.3, 0.4) is 0 Å². The van der Waals surface area contributed by atoms with E-state index in [2.05, 4.69) is 16.9 Å². The fourth-order valence-electron chi connectivity index (χ4n) is 1.31. The number of rotatable bonds is 10. The second-order valence-corrected chi connectivity index (χ2v) is 5.28. The van der Waals surface area contributed by atoms with E-state index in [0.29, 0.717) is 12.6 Å². The minimum atomic E-state index is 0.109. The maximum absolute atomic E-state index is 11.3. The molecule has 0 aliphatic rings. The highest BCUT2D eigenvalue weighted by Gasteiger charge is 2.00. The highest BCUT2D eigenvalue weighted by molar-refractivity contribution is 7.98. The quantitative estimate of drug-likeness (QED) is 0.580. The van der Waals surface area contributed by atoms with Crippen LogP contribution in [-0.4, -0.2) is 37.0 Å². The molecule has 3 nitrogen and oxygen atoms in total. The summed E-state index contributed by atoms with van der Waals surface area (Å²) in [4.78, 5) is 11.3. The predicted molar refractivity (Wildman–Crippen MR) is 73.0 cm³/mol. The lowest BCUT2D eigenvalue weighted by atomic mass is 10.2. The summed E-state index contributed by atoms with van der Waals surface area (Å²) in [5.74, 6) is 1.36. The molecule has 96 valence electrons. The number of unbranched alkanes of at least 4 members (excludes halogenated alkanes) is 3. The van der Waals surface area contributed by atoms with Crippen molar-refractivity contribution in [3.05, 3.63) is 0 Å². The molecule has 0 aromatic rings. The Hall–Kier alpha value is -0.220. The molecule has 0 aromatic carbocycles. The molecule has 0 saturated carbocycles. The third-order valence-corrected chi connectivity index (χ3v) is 2.97.